The van der Waals surface area contributed by atoms with E-state index in [0.29, 0.717) is 11.9 Å². The molecule has 2 aromatic carbocycles. The average molecular weight is 394 g/mol. The van der Waals surface area contributed by atoms with Crippen LogP contribution in [0.25, 0.3) is 27.7 Å². The highest BCUT2D eigenvalue weighted by Crippen LogP contribution is 2.29. The largest absolute Gasteiger partial charge is 0.310 e. The van der Waals surface area contributed by atoms with E-state index in [9.17, 15) is 4.79 Å². The van der Waals surface area contributed by atoms with E-state index in [2.05, 4.69) is 55.2 Å². The summed E-state index contributed by atoms with van der Waals surface area (Å²) in [7, 11) is 0. The number of rotatable bonds is 4. The van der Waals surface area contributed by atoms with Gasteiger partial charge in [0.1, 0.15) is 0 Å². The Kier molecular flexibility index (Phi) is 4.43. The zero-order valence-corrected chi connectivity index (χ0v) is 17.0. The lowest BCUT2D eigenvalue weighted by atomic mass is 10.0. The van der Waals surface area contributed by atoms with Crippen LogP contribution in [-0.2, 0) is 13.0 Å². The van der Waals surface area contributed by atoms with Gasteiger partial charge in [0.15, 0.2) is 5.65 Å². The van der Waals surface area contributed by atoms with E-state index >= 15 is 0 Å². The Morgan fingerprint density at radius 2 is 1.73 bits per heavy atom. The van der Waals surface area contributed by atoms with Gasteiger partial charge in [-0.2, -0.15) is 5.10 Å². The molecule has 5 aromatic rings. The van der Waals surface area contributed by atoms with Crippen molar-refractivity contribution in [1.82, 2.24) is 19.2 Å². The quantitative estimate of drug-likeness (QED) is 0.447. The third-order valence-corrected chi connectivity index (χ3v) is 5.53. The molecule has 0 spiro atoms. The van der Waals surface area contributed by atoms with Crippen LogP contribution >= 0.6 is 0 Å². The minimum Gasteiger partial charge on any atom is -0.310 e. The van der Waals surface area contributed by atoms with E-state index in [1.165, 1.54) is 5.56 Å². The fraction of sp³-hybridized carbons (Fsp3) is 0.160. The smallest absolute Gasteiger partial charge is 0.261 e. The molecule has 0 N–H and O–H groups in total. The first-order valence-electron chi connectivity index (χ1n) is 10.2. The zero-order valence-electron chi connectivity index (χ0n) is 17.0. The lowest BCUT2D eigenvalue weighted by Gasteiger charge is -2.09. The standard InChI is InChI=1S/C25H22N4O/c1-3-21-23(19-7-5-4-6-8-19)24-26-15-20-22(29(24)27-21)13-14-28(25(20)30)16-18-11-9-17(2)10-12-18/h4-15H,3,16H2,1-2H3. The minimum absolute atomic E-state index is 0.0581. The summed E-state index contributed by atoms with van der Waals surface area (Å²) in [4.78, 5) is 17.8. The molecule has 5 heteroatoms. The van der Waals surface area contributed by atoms with Gasteiger partial charge in [0.2, 0.25) is 0 Å². The van der Waals surface area contributed by atoms with Crippen LogP contribution in [0.4, 0.5) is 0 Å². The number of fused-ring (bicyclic) bond motifs is 3. The Morgan fingerprint density at radius 1 is 0.967 bits per heavy atom. The van der Waals surface area contributed by atoms with Gasteiger partial charge < -0.3 is 4.57 Å². The summed E-state index contributed by atoms with van der Waals surface area (Å²) in [5.74, 6) is 0. The Bertz CT molecular complexity index is 1410. The molecule has 0 atom stereocenters. The molecule has 0 fully saturated rings. The first kappa shape index (κ1) is 18.3. The molecule has 0 aliphatic heterocycles. The van der Waals surface area contributed by atoms with Gasteiger partial charge in [0.05, 0.1) is 23.1 Å². The van der Waals surface area contributed by atoms with Gasteiger partial charge in [-0.05, 0) is 30.5 Å². The molecule has 5 nitrogen and oxygen atoms in total. The summed E-state index contributed by atoms with van der Waals surface area (Å²) in [5, 5.41) is 5.38. The van der Waals surface area contributed by atoms with Crippen LogP contribution in [0.15, 0.2) is 77.9 Å². The van der Waals surface area contributed by atoms with Gasteiger partial charge in [-0.25, -0.2) is 9.50 Å². The second kappa shape index (κ2) is 7.26. The number of benzene rings is 2. The van der Waals surface area contributed by atoms with Crippen molar-refractivity contribution in [3.8, 4) is 11.1 Å². The summed E-state index contributed by atoms with van der Waals surface area (Å²) in [6, 6.07) is 20.4. The SMILES string of the molecule is CCc1nn2c(ncc3c(=O)n(Cc4ccc(C)cc4)ccc32)c1-c1ccccc1. The molecule has 0 aliphatic carbocycles. The summed E-state index contributed by atoms with van der Waals surface area (Å²) in [5.41, 5.74) is 6.89. The molecule has 0 aliphatic rings. The van der Waals surface area contributed by atoms with E-state index < -0.39 is 0 Å². The van der Waals surface area contributed by atoms with Crippen molar-refractivity contribution < 1.29 is 0 Å². The molecule has 3 aromatic heterocycles. The Balaban J connectivity index is 1.68. The van der Waals surface area contributed by atoms with Crippen molar-refractivity contribution in [2.75, 3.05) is 0 Å². The van der Waals surface area contributed by atoms with Crippen molar-refractivity contribution in [2.24, 2.45) is 0 Å². The number of aryl methyl sites for hydroxylation is 2. The van der Waals surface area contributed by atoms with Crippen molar-refractivity contribution >= 4 is 16.6 Å². The number of pyridine rings is 1. The maximum Gasteiger partial charge on any atom is 0.261 e. The van der Waals surface area contributed by atoms with Gasteiger partial charge in [-0.3, -0.25) is 4.79 Å². The molecular formula is C25H22N4O. The first-order valence-corrected chi connectivity index (χ1v) is 10.2. The zero-order chi connectivity index (χ0) is 20.7. The maximum absolute atomic E-state index is 13.2. The third kappa shape index (κ3) is 2.99. The average Bonchev–Trinajstić information content (AvgIpc) is 3.17. The Hall–Kier alpha value is -3.73. The number of nitrogens with zero attached hydrogens (tertiary/aromatic N) is 4. The molecule has 0 radical (unpaired) electrons. The molecule has 0 unspecified atom stereocenters. The van der Waals surface area contributed by atoms with Gasteiger partial charge in [-0.15, -0.1) is 0 Å². The molecule has 0 bridgehead atoms. The normalized spacial score (nSPS) is 11.4. The van der Waals surface area contributed by atoms with Crippen LogP contribution in [0, 0.1) is 6.92 Å². The van der Waals surface area contributed by atoms with E-state index in [1.807, 2.05) is 35.0 Å². The van der Waals surface area contributed by atoms with Gasteiger partial charge in [-0.1, -0.05) is 67.1 Å². The summed E-state index contributed by atoms with van der Waals surface area (Å²) in [6.45, 7) is 4.67. The van der Waals surface area contributed by atoms with E-state index in [0.717, 1.165) is 40.0 Å². The Labute approximate surface area is 174 Å². The van der Waals surface area contributed by atoms with Crippen molar-refractivity contribution in [3.63, 3.8) is 0 Å². The number of aromatic nitrogens is 4. The van der Waals surface area contributed by atoms with Crippen LogP contribution in [0.5, 0.6) is 0 Å². The fourth-order valence-corrected chi connectivity index (χ4v) is 3.92. The van der Waals surface area contributed by atoms with Gasteiger partial charge in [0, 0.05) is 18.0 Å². The third-order valence-electron chi connectivity index (χ3n) is 5.53. The van der Waals surface area contributed by atoms with E-state index in [1.54, 1.807) is 10.8 Å². The highest BCUT2D eigenvalue weighted by molar-refractivity contribution is 5.86. The number of hydrogen-bond acceptors (Lipinski definition) is 3. The highest BCUT2D eigenvalue weighted by atomic mass is 16.1. The van der Waals surface area contributed by atoms with Crippen LogP contribution in [0.3, 0.4) is 0 Å². The monoisotopic (exact) mass is 394 g/mol. The second-order valence-electron chi connectivity index (χ2n) is 7.57. The molecule has 0 saturated heterocycles. The topological polar surface area (TPSA) is 52.2 Å². The van der Waals surface area contributed by atoms with Crippen molar-refractivity contribution in [2.45, 2.75) is 26.8 Å². The molecule has 3 heterocycles. The number of hydrogen-bond donors (Lipinski definition) is 0. The van der Waals surface area contributed by atoms with Crippen LogP contribution in [0.2, 0.25) is 0 Å². The molecule has 0 saturated carbocycles. The molecule has 5 rings (SSSR count). The Morgan fingerprint density at radius 3 is 2.47 bits per heavy atom. The highest BCUT2D eigenvalue weighted by Gasteiger charge is 2.17. The van der Waals surface area contributed by atoms with Crippen LogP contribution in [-0.4, -0.2) is 19.2 Å². The maximum atomic E-state index is 13.2. The molecule has 0 amide bonds. The summed E-state index contributed by atoms with van der Waals surface area (Å²) >= 11 is 0. The lowest BCUT2D eigenvalue weighted by molar-refractivity contribution is 0.765. The van der Waals surface area contributed by atoms with Gasteiger partial charge >= 0.3 is 0 Å². The fourth-order valence-electron chi connectivity index (χ4n) is 3.92. The first-order chi connectivity index (χ1) is 14.7. The summed E-state index contributed by atoms with van der Waals surface area (Å²) in [6.07, 6.45) is 4.32. The van der Waals surface area contributed by atoms with E-state index in [-0.39, 0.29) is 5.56 Å². The lowest BCUT2D eigenvalue weighted by Crippen LogP contribution is -2.21. The molecule has 30 heavy (non-hydrogen) atoms. The summed E-state index contributed by atoms with van der Waals surface area (Å²) < 4.78 is 3.54. The molecular weight excluding hydrogens is 372 g/mol. The van der Waals surface area contributed by atoms with Crippen LogP contribution < -0.4 is 5.56 Å². The van der Waals surface area contributed by atoms with E-state index in [4.69, 9.17) is 5.10 Å². The minimum atomic E-state index is -0.0581. The predicted octanol–water partition coefficient (Wildman–Crippen LogP) is 4.63. The van der Waals surface area contributed by atoms with Crippen LogP contribution in [0.1, 0.15) is 23.7 Å². The van der Waals surface area contributed by atoms with Gasteiger partial charge in [0.25, 0.3) is 5.56 Å². The predicted molar refractivity (Wildman–Crippen MR) is 120 cm³/mol. The molecule has 148 valence electrons. The second-order valence-corrected chi connectivity index (χ2v) is 7.57. The van der Waals surface area contributed by atoms with Crippen molar-refractivity contribution in [3.05, 3.63) is 100 Å². The van der Waals surface area contributed by atoms with Crippen molar-refractivity contribution in [1.29, 1.82) is 0 Å².